The first-order valence-electron chi connectivity index (χ1n) is 9.37. The number of nitrogens with zero attached hydrogens (tertiary/aromatic N) is 3. The fraction of sp³-hybridized carbons (Fsp3) is 0.286. The number of thiocarbonyl (C=S) groups is 1. The van der Waals surface area contributed by atoms with Crippen LogP contribution in [0.25, 0.3) is 11.4 Å². The Hall–Kier alpha value is -2.73. The zero-order valence-electron chi connectivity index (χ0n) is 15.4. The van der Waals surface area contributed by atoms with Crippen molar-refractivity contribution in [1.29, 1.82) is 0 Å². The van der Waals surface area contributed by atoms with Gasteiger partial charge in [0.15, 0.2) is 10.9 Å². The number of hydrogen-bond acceptors (Lipinski definition) is 3. The molecule has 0 bridgehead atoms. The van der Waals surface area contributed by atoms with Crippen LogP contribution in [0.5, 0.6) is 0 Å². The molecule has 0 spiro atoms. The van der Waals surface area contributed by atoms with E-state index < -0.39 is 0 Å². The molecular formula is C21H23N5S. The summed E-state index contributed by atoms with van der Waals surface area (Å²) in [5.41, 5.74) is 4.15. The van der Waals surface area contributed by atoms with Crippen LogP contribution in [-0.4, -0.2) is 19.9 Å². The molecule has 1 aliphatic rings. The summed E-state index contributed by atoms with van der Waals surface area (Å²) < 4.78 is 2.26. The molecule has 0 atom stereocenters. The number of para-hydroxylation sites is 1. The lowest BCUT2D eigenvalue weighted by atomic mass is 10.2. The summed E-state index contributed by atoms with van der Waals surface area (Å²) in [7, 11) is 0. The molecule has 2 heterocycles. The predicted octanol–water partition coefficient (Wildman–Crippen LogP) is 4.79. The number of aromatic nitrogens is 3. The summed E-state index contributed by atoms with van der Waals surface area (Å²) in [5.74, 6) is 2.03. The van der Waals surface area contributed by atoms with Crippen LogP contribution in [0.1, 0.15) is 30.7 Å². The van der Waals surface area contributed by atoms with E-state index in [0.29, 0.717) is 5.11 Å². The second-order valence-electron chi connectivity index (χ2n) is 6.88. The Morgan fingerprint density at radius 3 is 2.78 bits per heavy atom. The third kappa shape index (κ3) is 4.01. The van der Waals surface area contributed by atoms with Gasteiger partial charge in [0, 0.05) is 29.9 Å². The highest BCUT2D eigenvalue weighted by Crippen LogP contribution is 2.25. The van der Waals surface area contributed by atoms with E-state index in [0.717, 1.165) is 47.1 Å². The second-order valence-corrected chi connectivity index (χ2v) is 7.29. The molecule has 6 heteroatoms. The van der Waals surface area contributed by atoms with Gasteiger partial charge in [-0.3, -0.25) is 0 Å². The number of benzene rings is 2. The normalized spacial score (nSPS) is 13.5. The maximum atomic E-state index is 5.48. The van der Waals surface area contributed by atoms with Gasteiger partial charge in [0.05, 0.1) is 0 Å². The molecule has 4 rings (SSSR count). The van der Waals surface area contributed by atoms with Crippen LogP contribution in [0, 0.1) is 6.92 Å². The Morgan fingerprint density at radius 2 is 1.89 bits per heavy atom. The number of rotatable bonds is 3. The molecule has 0 saturated heterocycles. The molecule has 1 aromatic heterocycles. The van der Waals surface area contributed by atoms with E-state index in [2.05, 4.69) is 50.5 Å². The first-order chi connectivity index (χ1) is 13.2. The van der Waals surface area contributed by atoms with Crippen molar-refractivity contribution < 1.29 is 0 Å². The number of hydrogen-bond donors (Lipinski definition) is 2. The molecule has 0 aliphatic carbocycles. The minimum atomic E-state index is 0.571. The van der Waals surface area contributed by atoms with Crippen LogP contribution in [0.4, 0.5) is 11.4 Å². The van der Waals surface area contributed by atoms with Crippen molar-refractivity contribution in [1.82, 2.24) is 14.8 Å². The maximum absolute atomic E-state index is 5.48. The molecule has 138 valence electrons. The molecule has 0 saturated carbocycles. The molecule has 1 aliphatic heterocycles. The number of aryl methyl sites for hydroxylation is 2. The van der Waals surface area contributed by atoms with E-state index in [4.69, 9.17) is 12.2 Å². The monoisotopic (exact) mass is 377 g/mol. The van der Waals surface area contributed by atoms with Crippen LogP contribution in [0.15, 0.2) is 48.5 Å². The lowest BCUT2D eigenvalue weighted by Gasteiger charge is -2.13. The van der Waals surface area contributed by atoms with Crippen molar-refractivity contribution in [3.05, 3.63) is 59.9 Å². The fourth-order valence-electron chi connectivity index (χ4n) is 3.43. The summed E-state index contributed by atoms with van der Waals surface area (Å²) >= 11 is 5.48. The van der Waals surface area contributed by atoms with Crippen molar-refractivity contribution >= 4 is 28.7 Å². The van der Waals surface area contributed by atoms with E-state index >= 15 is 0 Å². The summed E-state index contributed by atoms with van der Waals surface area (Å²) in [6.45, 7) is 3.05. The van der Waals surface area contributed by atoms with Gasteiger partial charge in [0.1, 0.15) is 5.82 Å². The van der Waals surface area contributed by atoms with Crippen LogP contribution in [-0.2, 0) is 13.0 Å². The molecule has 27 heavy (non-hydrogen) atoms. The minimum absolute atomic E-state index is 0.571. The molecule has 5 nitrogen and oxygen atoms in total. The SMILES string of the molecule is Cc1ccccc1NC(=S)Nc1cccc(-c2nnc3n2CCCCC3)c1. The third-order valence-electron chi connectivity index (χ3n) is 4.88. The molecule has 2 aromatic carbocycles. The standard InChI is InChI=1S/C21H23N5S/c1-15-8-4-5-11-18(15)23-21(27)22-17-10-7-9-16(14-17)20-25-24-19-12-3-2-6-13-26(19)20/h4-5,7-11,14H,2-3,6,12-13H2,1H3,(H2,22,23,27). The van der Waals surface area contributed by atoms with Crippen molar-refractivity contribution in [2.75, 3.05) is 10.6 Å². The van der Waals surface area contributed by atoms with Crippen molar-refractivity contribution in [2.45, 2.75) is 39.2 Å². The number of anilines is 2. The van der Waals surface area contributed by atoms with Crippen molar-refractivity contribution in [3.63, 3.8) is 0 Å². The quantitative estimate of drug-likeness (QED) is 0.643. The van der Waals surface area contributed by atoms with E-state index in [1.54, 1.807) is 0 Å². The highest BCUT2D eigenvalue weighted by Gasteiger charge is 2.16. The molecule has 0 amide bonds. The molecule has 0 unspecified atom stereocenters. The number of fused-ring (bicyclic) bond motifs is 1. The predicted molar refractivity (Wildman–Crippen MR) is 114 cm³/mol. The fourth-order valence-corrected chi connectivity index (χ4v) is 3.66. The summed E-state index contributed by atoms with van der Waals surface area (Å²) in [6.07, 6.45) is 4.64. The maximum Gasteiger partial charge on any atom is 0.175 e. The van der Waals surface area contributed by atoms with Gasteiger partial charge in [0.2, 0.25) is 0 Å². The zero-order chi connectivity index (χ0) is 18.6. The molecule has 2 N–H and O–H groups in total. The Balaban J connectivity index is 1.52. The summed E-state index contributed by atoms with van der Waals surface area (Å²) in [4.78, 5) is 0. The molecule has 0 fully saturated rings. The van der Waals surface area contributed by atoms with Gasteiger partial charge in [-0.25, -0.2) is 0 Å². The topological polar surface area (TPSA) is 54.8 Å². The van der Waals surface area contributed by atoms with E-state index in [1.807, 2.05) is 30.3 Å². The zero-order valence-corrected chi connectivity index (χ0v) is 16.2. The van der Waals surface area contributed by atoms with Gasteiger partial charge in [-0.2, -0.15) is 0 Å². The first-order valence-corrected chi connectivity index (χ1v) is 9.78. The van der Waals surface area contributed by atoms with Gasteiger partial charge in [0.25, 0.3) is 0 Å². The van der Waals surface area contributed by atoms with Crippen molar-refractivity contribution in [2.24, 2.45) is 0 Å². The Morgan fingerprint density at radius 1 is 1.00 bits per heavy atom. The third-order valence-corrected chi connectivity index (χ3v) is 5.09. The highest BCUT2D eigenvalue weighted by atomic mass is 32.1. The van der Waals surface area contributed by atoms with Crippen LogP contribution >= 0.6 is 12.2 Å². The van der Waals surface area contributed by atoms with Gasteiger partial charge >= 0.3 is 0 Å². The lowest BCUT2D eigenvalue weighted by molar-refractivity contribution is 0.636. The van der Waals surface area contributed by atoms with E-state index in [1.165, 1.54) is 19.3 Å². The van der Waals surface area contributed by atoms with Gasteiger partial charge in [-0.15, -0.1) is 10.2 Å². The van der Waals surface area contributed by atoms with Crippen LogP contribution in [0.2, 0.25) is 0 Å². The van der Waals surface area contributed by atoms with Crippen LogP contribution in [0.3, 0.4) is 0 Å². The smallest absolute Gasteiger partial charge is 0.175 e. The highest BCUT2D eigenvalue weighted by molar-refractivity contribution is 7.80. The van der Waals surface area contributed by atoms with Crippen LogP contribution < -0.4 is 10.6 Å². The average Bonchev–Trinajstić information content (AvgIpc) is 2.92. The first kappa shape index (κ1) is 17.7. The van der Waals surface area contributed by atoms with E-state index in [9.17, 15) is 0 Å². The van der Waals surface area contributed by atoms with Gasteiger partial charge in [-0.1, -0.05) is 36.8 Å². The molecular weight excluding hydrogens is 354 g/mol. The number of nitrogens with one attached hydrogen (secondary N) is 2. The summed E-state index contributed by atoms with van der Waals surface area (Å²) in [6, 6.07) is 16.3. The van der Waals surface area contributed by atoms with Gasteiger partial charge < -0.3 is 15.2 Å². The largest absolute Gasteiger partial charge is 0.332 e. The Kier molecular flexibility index (Phi) is 5.16. The van der Waals surface area contributed by atoms with E-state index in [-0.39, 0.29) is 0 Å². The Labute approximate surface area is 164 Å². The summed E-state index contributed by atoms with van der Waals surface area (Å²) in [5, 5.41) is 16.0. The minimum Gasteiger partial charge on any atom is -0.332 e. The van der Waals surface area contributed by atoms with Crippen molar-refractivity contribution in [3.8, 4) is 11.4 Å². The second kappa shape index (κ2) is 7.88. The molecule has 3 aromatic rings. The van der Waals surface area contributed by atoms with Gasteiger partial charge in [-0.05, 0) is 55.7 Å². The lowest BCUT2D eigenvalue weighted by Crippen LogP contribution is -2.19. The average molecular weight is 378 g/mol. The Bertz CT molecular complexity index is 963. The molecule has 0 radical (unpaired) electrons.